The second-order valence-electron chi connectivity index (χ2n) is 4.42. The van der Waals surface area contributed by atoms with Gasteiger partial charge in [0.15, 0.2) is 0 Å². The van der Waals surface area contributed by atoms with Crippen LogP contribution in [0.1, 0.15) is 5.89 Å². The molecule has 1 aromatic heterocycles. The Morgan fingerprint density at radius 3 is 2.21 bits per heavy atom. The number of nitrogens with one attached hydrogen (secondary N) is 2. The summed E-state index contributed by atoms with van der Waals surface area (Å²) in [6, 6.07) is 3.96. The fraction of sp³-hybridized carbons (Fsp3) is 0.250. The molecule has 6 nitrogen and oxygen atoms in total. The van der Waals surface area contributed by atoms with E-state index in [0.717, 1.165) is 0 Å². The molecule has 130 valence electrons. The lowest BCUT2D eigenvalue weighted by Gasteiger charge is -2.09. The summed E-state index contributed by atoms with van der Waals surface area (Å²) in [5.41, 5.74) is 0.286. The lowest BCUT2D eigenvalue weighted by atomic mass is 10.2. The molecule has 12 heteroatoms. The first-order valence-corrected chi connectivity index (χ1v) is 6.17. The molecule has 24 heavy (non-hydrogen) atoms. The van der Waals surface area contributed by atoms with E-state index in [0.29, 0.717) is 0 Å². The number of urea groups is 1. The predicted octanol–water partition coefficient (Wildman–Crippen LogP) is 3.44. The van der Waals surface area contributed by atoms with Gasteiger partial charge in [0.1, 0.15) is 6.54 Å². The fourth-order valence-corrected chi connectivity index (χ4v) is 1.51. The van der Waals surface area contributed by atoms with E-state index in [9.17, 15) is 31.1 Å². The number of hydrogen-bond donors (Lipinski definition) is 2. The minimum Gasteiger partial charge on any atom is -0.329 e. The van der Waals surface area contributed by atoms with Gasteiger partial charge in [0.2, 0.25) is 5.82 Å². The number of amides is 2. The fourth-order valence-electron chi connectivity index (χ4n) is 1.51. The highest BCUT2D eigenvalue weighted by atomic mass is 19.4. The average Bonchev–Trinajstić information content (AvgIpc) is 2.95. The molecule has 2 aromatic rings. The minimum absolute atomic E-state index is 0.123. The third-order valence-corrected chi connectivity index (χ3v) is 2.52. The third kappa shape index (κ3) is 4.86. The van der Waals surface area contributed by atoms with Crippen LogP contribution in [0.2, 0.25) is 0 Å². The van der Waals surface area contributed by atoms with Crippen LogP contribution in [-0.4, -0.2) is 28.9 Å². The SMILES string of the molecule is O=C(NCC(F)(F)F)Nc1ccc(-c2noc(C(F)(F)F)n2)cc1. The highest BCUT2D eigenvalue weighted by molar-refractivity contribution is 5.89. The number of nitrogens with zero attached hydrogens (tertiary/aromatic N) is 2. The zero-order chi connectivity index (χ0) is 18.0. The Labute approximate surface area is 129 Å². The molecule has 0 bridgehead atoms. The van der Waals surface area contributed by atoms with Gasteiger partial charge in [0.05, 0.1) is 0 Å². The van der Waals surface area contributed by atoms with Crippen molar-refractivity contribution in [3.8, 4) is 11.4 Å². The van der Waals surface area contributed by atoms with Crippen LogP contribution < -0.4 is 10.6 Å². The zero-order valence-corrected chi connectivity index (χ0v) is 11.5. The number of alkyl halides is 6. The lowest BCUT2D eigenvalue weighted by molar-refractivity contribution is -0.159. The van der Waals surface area contributed by atoms with Crippen LogP contribution >= 0.6 is 0 Å². The first-order valence-electron chi connectivity index (χ1n) is 6.17. The summed E-state index contributed by atoms with van der Waals surface area (Å²) in [5, 5.41) is 6.90. The number of halogens is 6. The summed E-state index contributed by atoms with van der Waals surface area (Å²) in [4.78, 5) is 14.4. The van der Waals surface area contributed by atoms with Crippen LogP contribution in [0.25, 0.3) is 11.4 Å². The molecule has 0 radical (unpaired) electrons. The molecule has 0 aliphatic carbocycles. The quantitative estimate of drug-likeness (QED) is 0.828. The van der Waals surface area contributed by atoms with E-state index in [1.807, 2.05) is 0 Å². The maximum atomic E-state index is 12.4. The first-order chi connectivity index (χ1) is 11.0. The number of aromatic nitrogens is 2. The van der Waals surface area contributed by atoms with Gasteiger partial charge in [0.25, 0.3) is 0 Å². The van der Waals surface area contributed by atoms with Gasteiger partial charge >= 0.3 is 24.3 Å². The van der Waals surface area contributed by atoms with Gasteiger partial charge in [-0.1, -0.05) is 5.16 Å². The summed E-state index contributed by atoms with van der Waals surface area (Å²) in [5.74, 6) is -1.83. The Kier molecular flexibility index (Phi) is 4.66. The van der Waals surface area contributed by atoms with Gasteiger partial charge in [-0.15, -0.1) is 0 Å². The largest absolute Gasteiger partial charge is 0.471 e. The van der Waals surface area contributed by atoms with E-state index in [-0.39, 0.29) is 17.1 Å². The van der Waals surface area contributed by atoms with Crippen LogP contribution in [-0.2, 0) is 6.18 Å². The summed E-state index contributed by atoms with van der Waals surface area (Å²) in [6.45, 7) is -1.50. The normalized spacial score (nSPS) is 12.1. The van der Waals surface area contributed by atoms with Crippen molar-refractivity contribution in [1.82, 2.24) is 15.5 Å². The summed E-state index contributed by atoms with van der Waals surface area (Å²) >= 11 is 0. The van der Waals surface area contributed by atoms with Crippen molar-refractivity contribution in [2.45, 2.75) is 12.4 Å². The monoisotopic (exact) mass is 354 g/mol. The maximum Gasteiger partial charge on any atom is 0.471 e. The van der Waals surface area contributed by atoms with Crippen LogP contribution in [0.15, 0.2) is 28.8 Å². The van der Waals surface area contributed by atoms with Crippen molar-refractivity contribution < 1.29 is 35.7 Å². The van der Waals surface area contributed by atoms with Crippen molar-refractivity contribution in [3.05, 3.63) is 30.2 Å². The standard InChI is InChI=1S/C12H8F6N4O2/c13-11(14,15)5-19-10(23)20-7-3-1-6(2-4-7)8-21-9(24-22-8)12(16,17)18/h1-4H,5H2,(H2,19,20,23). The Morgan fingerprint density at radius 1 is 1.08 bits per heavy atom. The maximum absolute atomic E-state index is 12.4. The molecule has 0 unspecified atom stereocenters. The number of anilines is 1. The van der Waals surface area contributed by atoms with Crippen LogP contribution in [0.4, 0.5) is 36.8 Å². The van der Waals surface area contributed by atoms with Gasteiger partial charge in [0, 0.05) is 11.3 Å². The molecule has 2 rings (SSSR count). The van der Waals surface area contributed by atoms with Gasteiger partial charge < -0.3 is 15.2 Å². The molecular formula is C12H8F6N4O2. The van der Waals surface area contributed by atoms with Crippen molar-refractivity contribution in [2.75, 3.05) is 11.9 Å². The van der Waals surface area contributed by atoms with E-state index in [4.69, 9.17) is 0 Å². The van der Waals surface area contributed by atoms with E-state index in [1.54, 1.807) is 5.32 Å². The molecule has 2 N–H and O–H groups in total. The molecule has 0 saturated heterocycles. The van der Waals surface area contributed by atoms with E-state index < -0.39 is 30.8 Å². The van der Waals surface area contributed by atoms with Crippen molar-refractivity contribution in [3.63, 3.8) is 0 Å². The van der Waals surface area contributed by atoms with Gasteiger partial charge in [-0.25, -0.2) is 4.79 Å². The van der Waals surface area contributed by atoms with Gasteiger partial charge in [-0.3, -0.25) is 0 Å². The third-order valence-electron chi connectivity index (χ3n) is 2.52. The van der Waals surface area contributed by atoms with Crippen LogP contribution in [0.5, 0.6) is 0 Å². The molecule has 2 amide bonds. The Balaban J connectivity index is 2.00. The van der Waals surface area contributed by atoms with E-state index in [2.05, 4.69) is 20.0 Å². The molecule has 0 saturated carbocycles. The van der Waals surface area contributed by atoms with Crippen molar-refractivity contribution in [2.24, 2.45) is 0 Å². The second kappa shape index (κ2) is 6.37. The number of rotatable bonds is 3. The number of benzene rings is 1. The van der Waals surface area contributed by atoms with E-state index in [1.165, 1.54) is 24.3 Å². The molecular weight excluding hydrogens is 346 g/mol. The van der Waals surface area contributed by atoms with Crippen molar-refractivity contribution >= 4 is 11.7 Å². The topological polar surface area (TPSA) is 80.0 Å². The molecule has 0 aliphatic heterocycles. The summed E-state index contributed by atoms with van der Waals surface area (Å²) in [6.07, 6.45) is -9.32. The highest BCUT2D eigenvalue weighted by Gasteiger charge is 2.38. The molecule has 0 spiro atoms. The zero-order valence-electron chi connectivity index (χ0n) is 11.5. The molecule has 1 aromatic carbocycles. The van der Waals surface area contributed by atoms with Crippen LogP contribution in [0.3, 0.4) is 0 Å². The molecule has 0 aliphatic rings. The minimum atomic E-state index is -4.77. The molecule has 1 heterocycles. The molecule has 0 fully saturated rings. The second-order valence-corrected chi connectivity index (χ2v) is 4.42. The number of carbonyl (C=O) groups excluding carboxylic acids is 1. The smallest absolute Gasteiger partial charge is 0.329 e. The summed E-state index contributed by atoms with van der Waals surface area (Å²) < 4.78 is 76.9. The first kappa shape index (κ1) is 17.6. The van der Waals surface area contributed by atoms with Gasteiger partial charge in [-0.05, 0) is 24.3 Å². The number of carbonyl (C=O) groups is 1. The highest BCUT2D eigenvalue weighted by Crippen LogP contribution is 2.29. The van der Waals surface area contributed by atoms with E-state index >= 15 is 0 Å². The molecule has 0 atom stereocenters. The summed E-state index contributed by atoms with van der Waals surface area (Å²) in [7, 11) is 0. The Bertz CT molecular complexity index is 708. The van der Waals surface area contributed by atoms with Gasteiger partial charge in [-0.2, -0.15) is 31.3 Å². The number of hydrogen-bond acceptors (Lipinski definition) is 4. The average molecular weight is 354 g/mol. The van der Waals surface area contributed by atoms with Crippen LogP contribution in [0, 0.1) is 0 Å². The van der Waals surface area contributed by atoms with Crippen molar-refractivity contribution in [1.29, 1.82) is 0 Å². The Morgan fingerprint density at radius 2 is 1.71 bits per heavy atom. The predicted molar refractivity (Wildman–Crippen MR) is 67.8 cm³/mol. The Hall–Kier alpha value is -2.79. The lowest BCUT2D eigenvalue weighted by Crippen LogP contribution is -2.36.